The normalized spacial score (nSPS) is 17.5. The molecule has 3 heterocycles. The molecule has 1 saturated carbocycles. The van der Waals surface area contributed by atoms with Crippen molar-refractivity contribution < 1.29 is 22.7 Å². The van der Waals surface area contributed by atoms with E-state index in [4.69, 9.17) is 9.47 Å². The van der Waals surface area contributed by atoms with Crippen LogP contribution in [0.4, 0.5) is 11.6 Å². The first-order valence-electron chi connectivity index (χ1n) is 14.9. The van der Waals surface area contributed by atoms with Crippen LogP contribution in [0, 0.1) is 12.8 Å². The summed E-state index contributed by atoms with van der Waals surface area (Å²) in [5.74, 6) is 1.14. The quantitative estimate of drug-likeness (QED) is 0.275. The van der Waals surface area contributed by atoms with E-state index < -0.39 is 10.0 Å². The van der Waals surface area contributed by atoms with Gasteiger partial charge in [-0.05, 0) is 69.0 Å². The lowest BCUT2D eigenvalue weighted by molar-refractivity contribution is 0.0533. The molecular formula is C32H38N6O5S. The number of carbonyl (C=O) groups is 1. The van der Waals surface area contributed by atoms with Crippen molar-refractivity contribution in [1.29, 1.82) is 0 Å². The van der Waals surface area contributed by atoms with E-state index >= 15 is 0 Å². The van der Waals surface area contributed by atoms with E-state index in [-0.39, 0.29) is 29.3 Å². The zero-order valence-corrected chi connectivity index (χ0v) is 26.3. The smallest absolute Gasteiger partial charge is 0.254 e. The van der Waals surface area contributed by atoms with Gasteiger partial charge in [0.15, 0.2) is 5.65 Å². The van der Waals surface area contributed by atoms with E-state index in [1.54, 1.807) is 36.5 Å². The van der Waals surface area contributed by atoms with Gasteiger partial charge in [-0.25, -0.2) is 12.4 Å². The highest BCUT2D eigenvalue weighted by Crippen LogP contribution is 2.36. The molecule has 1 atom stereocenters. The SMILES string of the molecule is COc1cc(C(=O)N2CCN(C)C[C@H]2C)ccc1Nc1nc(OCC2CC2)c2c(C)cn(S(=O)(=O)Cc3ccccc3)c2n1. The Kier molecular flexibility index (Phi) is 8.21. The Morgan fingerprint density at radius 1 is 1.09 bits per heavy atom. The molecular weight excluding hydrogens is 580 g/mol. The number of rotatable bonds is 10. The fraction of sp³-hybridized carbons (Fsp3) is 0.406. The van der Waals surface area contributed by atoms with Crippen LogP contribution in [0.1, 0.15) is 41.3 Å². The number of anilines is 2. The van der Waals surface area contributed by atoms with Crippen LogP contribution in [-0.2, 0) is 15.8 Å². The molecule has 1 aliphatic carbocycles. The number of piperazine rings is 1. The molecule has 2 aromatic carbocycles. The van der Waals surface area contributed by atoms with E-state index in [2.05, 4.69) is 34.2 Å². The van der Waals surface area contributed by atoms with E-state index in [1.165, 1.54) is 11.1 Å². The van der Waals surface area contributed by atoms with Gasteiger partial charge >= 0.3 is 0 Å². The summed E-state index contributed by atoms with van der Waals surface area (Å²) >= 11 is 0. The number of hydrogen-bond donors (Lipinski definition) is 1. The summed E-state index contributed by atoms with van der Waals surface area (Å²) in [5.41, 5.74) is 2.66. The van der Waals surface area contributed by atoms with Gasteiger partial charge in [0.2, 0.25) is 21.9 Å². The number of hydrogen-bond acceptors (Lipinski definition) is 9. The average molecular weight is 619 g/mol. The fourth-order valence-electron chi connectivity index (χ4n) is 5.60. The summed E-state index contributed by atoms with van der Waals surface area (Å²) in [6, 6.07) is 14.4. The van der Waals surface area contributed by atoms with Gasteiger partial charge in [0.05, 0.1) is 30.5 Å². The Morgan fingerprint density at radius 3 is 2.57 bits per heavy atom. The monoisotopic (exact) mass is 618 g/mol. The molecule has 12 heteroatoms. The Bertz CT molecular complexity index is 1790. The number of methoxy groups -OCH3 is 1. The third-order valence-corrected chi connectivity index (χ3v) is 9.78. The molecule has 1 aliphatic heterocycles. The molecule has 2 aromatic heterocycles. The van der Waals surface area contributed by atoms with Crippen molar-refractivity contribution >= 4 is 38.6 Å². The Balaban J connectivity index is 1.35. The van der Waals surface area contributed by atoms with Crippen LogP contribution in [0.3, 0.4) is 0 Å². The van der Waals surface area contributed by atoms with Crippen LogP contribution in [0.5, 0.6) is 11.6 Å². The number of carbonyl (C=O) groups excluding carboxylic acids is 1. The minimum Gasteiger partial charge on any atom is -0.495 e. The number of nitrogens with zero attached hydrogens (tertiary/aromatic N) is 5. The maximum atomic E-state index is 13.6. The van der Waals surface area contributed by atoms with E-state index in [9.17, 15) is 13.2 Å². The van der Waals surface area contributed by atoms with Crippen molar-refractivity contribution in [1.82, 2.24) is 23.7 Å². The first-order valence-corrected chi connectivity index (χ1v) is 16.5. The molecule has 0 unspecified atom stereocenters. The van der Waals surface area contributed by atoms with Gasteiger partial charge in [-0.2, -0.15) is 9.97 Å². The fourth-order valence-corrected chi connectivity index (χ4v) is 7.07. The highest BCUT2D eigenvalue weighted by molar-refractivity contribution is 7.89. The van der Waals surface area contributed by atoms with Gasteiger partial charge in [-0.3, -0.25) is 4.79 Å². The Morgan fingerprint density at radius 2 is 1.86 bits per heavy atom. The average Bonchev–Trinajstić information content (AvgIpc) is 3.77. The van der Waals surface area contributed by atoms with Gasteiger partial charge in [0.25, 0.3) is 5.91 Å². The molecule has 44 heavy (non-hydrogen) atoms. The van der Waals surface area contributed by atoms with Gasteiger partial charge in [-0.1, -0.05) is 30.3 Å². The molecule has 6 rings (SSSR count). The molecule has 2 aliphatic rings. The second-order valence-electron chi connectivity index (χ2n) is 11.8. The molecule has 0 radical (unpaired) electrons. The predicted molar refractivity (Wildman–Crippen MR) is 169 cm³/mol. The largest absolute Gasteiger partial charge is 0.495 e. The van der Waals surface area contributed by atoms with E-state index in [0.717, 1.165) is 25.9 Å². The van der Waals surface area contributed by atoms with Gasteiger partial charge in [0, 0.05) is 37.4 Å². The summed E-state index contributed by atoms with van der Waals surface area (Å²) in [6.07, 6.45) is 3.77. The standard InChI is InChI=1S/C32H38N6O5S/c1-21-17-38(44(40,41)20-24-8-6-5-7-9-24)29-28(21)30(43-19-23-10-11-23)35-32(34-29)33-26-13-12-25(16-27(26)42-4)31(39)37-15-14-36(3)18-22(37)2/h5-9,12-13,16-17,22-23H,10-11,14-15,18-20H2,1-4H3,(H,33,34,35)/t22-/m1/s1. The maximum absolute atomic E-state index is 13.6. The highest BCUT2D eigenvalue weighted by Gasteiger charge is 2.28. The van der Waals surface area contributed by atoms with Crippen LogP contribution in [0.15, 0.2) is 54.7 Å². The molecule has 1 N–H and O–H groups in total. The lowest BCUT2D eigenvalue weighted by atomic mass is 10.1. The minimum atomic E-state index is -3.82. The van der Waals surface area contributed by atoms with Gasteiger partial charge in [0.1, 0.15) is 5.75 Å². The molecule has 2 fully saturated rings. The predicted octanol–water partition coefficient (Wildman–Crippen LogP) is 4.43. The van der Waals surface area contributed by atoms with Gasteiger partial charge < -0.3 is 24.6 Å². The lowest BCUT2D eigenvalue weighted by Gasteiger charge is -2.38. The second-order valence-corrected chi connectivity index (χ2v) is 13.7. The summed E-state index contributed by atoms with van der Waals surface area (Å²) in [4.78, 5) is 26.8. The topological polar surface area (TPSA) is 119 Å². The van der Waals surface area contributed by atoms with Gasteiger partial charge in [-0.15, -0.1) is 0 Å². The summed E-state index contributed by atoms with van der Waals surface area (Å²) in [7, 11) is -0.228. The molecule has 11 nitrogen and oxygen atoms in total. The summed E-state index contributed by atoms with van der Waals surface area (Å²) in [6.45, 7) is 6.67. The van der Waals surface area contributed by atoms with Crippen LogP contribution in [0.2, 0.25) is 0 Å². The number of likely N-dealkylation sites (N-methyl/N-ethyl adjacent to an activating group) is 1. The van der Waals surface area contributed by atoms with Crippen molar-refractivity contribution in [3.8, 4) is 11.6 Å². The van der Waals surface area contributed by atoms with Crippen LogP contribution in [-0.4, -0.2) is 84.5 Å². The minimum absolute atomic E-state index is 0.0548. The third kappa shape index (κ3) is 6.22. The third-order valence-electron chi connectivity index (χ3n) is 8.20. The summed E-state index contributed by atoms with van der Waals surface area (Å²) < 4.78 is 40.3. The van der Waals surface area contributed by atoms with E-state index in [0.29, 0.717) is 58.5 Å². The zero-order chi connectivity index (χ0) is 31.0. The van der Waals surface area contributed by atoms with Crippen LogP contribution in [0.25, 0.3) is 11.0 Å². The number of benzene rings is 2. The van der Waals surface area contributed by atoms with Crippen molar-refractivity contribution in [2.75, 3.05) is 45.7 Å². The Hall–Kier alpha value is -4.16. The molecule has 0 bridgehead atoms. The first-order chi connectivity index (χ1) is 21.1. The molecule has 1 saturated heterocycles. The lowest BCUT2D eigenvalue weighted by Crippen LogP contribution is -2.52. The Labute approximate surface area is 257 Å². The van der Waals surface area contributed by atoms with Crippen LogP contribution < -0.4 is 14.8 Å². The van der Waals surface area contributed by atoms with Crippen molar-refractivity contribution in [3.05, 3.63) is 71.4 Å². The molecule has 4 aromatic rings. The van der Waals surface area contributed by atoms with Crippen molar-refractivity contribution in [2.24, 2.45) is 5.92 Å². The number of aryl methyl sites for hydroxylation is 1. The van der Waals surface area contributed by atoms with E-state index in [1.807, 2.05) is 30.0 Å². The maximum Gasteiger partial charge on any atom is 0.254 e. The molecule has 1 amide bonds. The van der Waals surface area contributed by atoms with Crippen molar-refractivity contribution in [2.45, 2.75) is 38.5 Å². The summed E-state index contributed by atoms with van der Waals surface area (Å²) in [5, 5.41) is 3.75. The number of aromatic nitrogens is 3. The first kappa shape index (κ1) is 29.9. The highest BCUT2D eigenvalue weighted by atomic mass is 32.2. The number of amides is 1. The van der Waals surface area contributed by atoms with Crippen molar-refractivity contribution in [3.63, 3.8) is 0 Å². The van der Waals surface area contributed by atoms with Crippen LogP contribution >= 0.6 is 0 Å². The number of fused-ring (bicyclic) bond motifs is 1. The molecule has 232 valence electrons. The number of nitrogens with one attached hydrogen (secondary N) is 1. The zero-order valence-electron chi connectivity index (χ0n) is 25.5. The molecule has 0 spiro atoms. The number of ether oxygens (including phenoxy) is 2. The second kappa shape index (κ2) is 12.1.